The van der Waals surface area contributed by atoms with E-state index in [1.165, 1.54) is 0 Å². The topological polar surface area (TPSA) is 47.9 Å². The Labute approximate surface area is 114 Å². The van der Waals surface area contributed by atoms with E-state index < -0.39 is 0 Å². The van der Waals surface area contributed by atoms with E-state index in [4.69, 9.17) is 15.0 Å². The first-order valence-electron chi connectivity index (χ1n) is 6.92. The summed E-state index contributed by atoms with van der Waals surface area (Å²) < 4.78 is 0. The largest absolute Gasteiger partial charge is 0.252 e. The molecule has 1 aliphatic carbocycles. The molecule has 0 spiro atoms. The van der Waals surface area contributed by atoms with Crippen molar-refractivity contribution in [3.05, 3.63) is 35.9 Å². The molecule has 0 saturated heterocycles. The van der Waals surface area contributed by atoms with Crippen LogP contribution in [0.15, 0.2) is 30.3 Å². The number of benzene rings is 1. The first kappa shape index (κ1) is 14.5. The summed E-state index contributed by atoms with van der Waals surface area (Å²) in [4.78, 5) is 15.1. The van der Waals surface area contributed by atoms with Crippen LogP contribution < -0.4 is 0 Å². The summed E-state index contributed by atoms with van der Waals surface area (Å²) in [5, 5.41) is 8.66. The van der Waals surface area contributed by atoms with Crippen molar-refractivity contribution >= 4 is 0 Å². The van der Waals surface area contributed by atoms with Crippen molar-refractivity contribution in [2.45, 2.75) is 51.4 Å². The molecule has 0 radical (unpaired) electrons. The van der Waals surface area contributed by atoms with Gasteiger partial charge in [-0.1, -0.05) is 30.3 Å². The number of hydrogen-bond donors (Lipinski definition) is 1. The molecule has 1 unspecified atom stereocenters. The third kappa shape index (κ3) is 4.58. The van der Waals surface area contributed by atoms with Crippen molar-refractivity contribution in [2.75, 3.05) is 0 Å². The fourth-order valence-corrected chi connectivity index (χ4v) is 2.51. The van der Waals surface area contributed by atoms with Gasteiger partial charge in [-0.25, -0.2) is 14.7 Å². The van der Waals surface area contributed by atoms with E-state index in [0.717, 1.165) is 31.2 Å². The monoisotopic (exact) mass is 266 g/mol. The third-order valence-electron chi connectivity index (χ3n) is 3.82. The van der Waals surface area contributed by atoms with Gasteiger partial charge in [-0.2, -0.15) is 0 Å². The molecular formula is C15H22O4. The zero-order chi connectivity index (χ0) is 13.5. The Kier molecular flexibility index (Phi) is 5.79. The van der Waals surface area contributed by atoms with Crippen LogP contribution in [0.5, 0.6) is 0 Å². The minimum Gasteiger partial charge on any atom is -0.252 e. The molecule has 1 aliphatic rings. The predicted molar refractivity (Wildman–Crippen MR) is 71.2 cm³/mol. The van der Waals surface area contributed by atoms with Crippen LogP contribution >= 0.6 is 0 Å². The first-order valence-corrected chi connectivity index (χ1v) is 6.92. The Bertz CT molecular complexity index is 346. The molecule has 1 atom stereocenters. The molecule has 0 amide bonds. The highest BCUT2D eigenvalue weighted by molar-refractivity contribution is 5.13. The molecule has 4 heteroatoms. The molecule has 19 heavy (non-hydrogen) atoms. The highest BCUT2D eigenvalue weighted by Crippen LogP contribution is 2.29. The second-order valence-electron chi connectivity index (χ2n) is 5.19. The van der Waals surface area contributed by atoms with Crippen LogP contribution in [0.3, 0.4) is 0 Å². The van der Waals surface area contributed by atoms with E-state index in [0.29, 0.717) is 12.5 Å². The van der Waals surface area contributed by atoms with Gasteiger partial charge >= 0.3 is 0 Å². The van der Waals surface area contributed by atoms with Crippen LogP contribution in [0.25, 0.3) is 0 Å². The van der Waals surface area contributed by atoms with E-state index in [9.17, 15) is 0 Å². The molecule has 1 aromatic carbocycles. The summed E-state index contributed by atoms with van der Waals surface area (Å²) in [6.07, 6.45) is 3.97. The second-order valence-corrected chi connectivity index (χ2v) is 5.19. The molecule has 0 aliphatic heterocycles. The SMILES string of the molecule is CC(OO)C1CCC(OOCc2ccccc2)CC1. The molecule has 0 aromatic heterocycles. The van der Waals surface area contributed by atoms with Crippen LogP contribution in [0.1, 0.15) is 38.2 Å². The van der Waals surface area contributed by atoms with Gasteiger partial charge in [0.2, 0.25) is 0 Å². The molecule has 106 valence electrons. The van der Waals surface area contributed by atoms with Crippen molar-refractivity contribution in [3.8, 4) is 0 Å². The van der Waals surface area contributed by atoms with Crippen molar-refractivity contribution in [2.24, 2.45) is 5.92 Å². The van der Waals surface area contributed by atoms with Crippen LogP contribution in [0.2, 0.25) is 0 Å². The normalized spacial score (nSPS) is 25.2. The van der Waals surface area contributed by atoms with Gasteiger partial charge in [0.15, 0.2) is 0 Å². The number of hydrogen-bond acceptors (Lipinski definition) is 4. The Hall–Kier alpha value is -0.940. The lowest BCUT2D eigenvalue weighted by atomic mass is 9.84. The van der Waals surface area contributed by atoms with Gasteiger partial charge in [0, 0.05) is 0 Å². The zero-order valence-corrected chi connectivity index (χ0v) is 11.3. The molecule has 0 bridgehead atoms. The van der Waals surface area contributed by atoms with Crippen LogP contribution in [0.4, 0.5) is 0 Å². The van der Waals surface area contributed by atoms with Gasteiger partial charge in [0.25, 0.3) is 0 Å². The van der Waals surface area contributed by atoms with E-state index in [1.54, 1.807) is 0 Å². The Morgan fingerprint density at radius 3 is 2.47 bits per heavy atom. The standard InChI is InChI=1S/C15H22O4/c1-12(18-16)14-7-9-15(10-8-14)19-17-11-13-5-3-2-4-6-13/h2-6,12,14-16H,7-11H2,1H3. The van der Waals surface area contributed by atoms with Crippen molar-refractivity contribution in [1.29, 1.82) is 0 Å². The van der Waals surface area contributed by atoms with Gasteiger partial charge in [-0.05, 0) is 44.1 Å². The molecule has 1 aromatic rings. The molecular weight excluding hydrogens is 244 g/mol. The maximum Gasteiger partial charge on any atom is 0.107 e. The summed E-state index contributed by atoms with van der Waals surface area (Å²) >= 11 is 0. The smallest absolute Gasteiger partial charge is 0.107 e. The molecule has 0 heterocycles. The fourth-order valence-electron chi connectivity index (χ4n) is 2.51. The van der Waals surface area contributed by atoms with E-state index >= 15 is 0 Å². The average molecular weight is 266 g/mol. The average Bonchev–Trinajstić information content (AvgIpc) is 2.48. The predicted octanol–water partition coefficient (Wildman–Crippen LogP) is 3.57. The molecule has 4 nitrogen and oxygen atoms in total. The summed E-state index contributed by atoms with van der Waals surface area (Å²) in [6.45, 7) is 2.38. The van der Waals surface area contributed by atoms with Gasteiger partial charge in [0.1, 0.15) is 6.61 Å². The molecule has 2 rings (SSSR count). The van der Waals surface area contributed by atoms with E-state index in [2.05, 4.69) is 4.89 Å². The molecule has 1 fully saturated rings. The van der Waals surface area contributed by atoms with Crippen LogP contribution in [-0.4, -0.2) is 17.5 Å². The highest BCUT2D eigenvalue weighted by atomic mass is 17.2. The van der Waals surface area contributed by atoms with Gasteiger partial charge in [-0.3, -0.25) is 5.26 Å². The lowest BCUT2D eigenvalue weighted by molar-refractivity contribution is -0.340. The Morgan fingerprint density at radius 2 is 1.84 bits per heavy atom. The highest BCUT2D eigenvalue weighted by Gasteiger charge is 2.26. The number of rotatable bonds is 6. The maximum atomic E-state index is 8.66. The third-order valence-corrected chi connectivity index (χ3v) is 3.82. The van der Waals surface area contributed by atoms with Crippen LogP contribution in [0, 0.1) is 5.92 Å². The molecule has 1 N–H and O–H groups in total. The molecule has 1 saturated carbocycles. The van der Waals surface area contributed by atoms with Gasteiger partial charge in [-0.15, -0.1) is 0 Å². The lowest BCUT2D eigenvalue weighted by Crippen LogP contribution is -2.28. The summed E-state index contributed by atoms with van der Waals surface area (Å²) in [6, 6.07) is 9.98. The zero-order valence-electron chi connectivity index (χ0n) is 11.3. The van der Waals surface area contributed by atoms with E-state index in [-0.39, 0.29) is 12.2 Å². The van der Waals surface area contributed by atoms with Crippen molar-refractivity contribution in [3.63, 3.8) is 0 Å². The minimum atomic E-state index is -0.0915. The lowest BCUT2D eigenvalue weighted by Gasteiger charge is -2.29. The second kappa shape index (κ2) is 7.60. The maximum absolute atomic E-state index is 8.66. The Balaban J connectivity index is 1.63. The van der Waals surface area contributed by atoms with Crippen LogP contribution in [-0.2, 0) is 21.3 Å². The summed E-state index contributed by atoms with van der Waals surface area (Å²) in [5.41, 5.74) is 1.11. The first-order chi connectivity index (χ1) is 9.29. The fraction of sp³-hybridized carbons (Fsp3) is 0.600. The summed E-state index contributed by atoms with van der Waals surface area (Å²) in [7, 11) is 0. The van der Waals surface area contributed by atoms with Gasteiger partial charge in [0.05, 0.1) is 12.2 Å². The van der Waals surface area contributed by atoms with E-state index in [1.807, 2.05) is 37.3 Å². The summed E-state index contributed by atoms with van der Waals surface area (Å²) in [5.74, 6) is 0.416. The van der Waals surface area contributed by atoms with Crippen molar-refractivity contribution in [1.82, 2.24) is 0 Å². The quantitative estimate of drug-likeness (QED) is 0.631. The van der Waals surface area contributed by atoms with Gasteiger partial charge < -0.3 is 0 Å². The Morgan fingerprint density at radius 1 is 1.16 bits per heavy atom. The minimum absolute atomic E-state index is 0.0915. The van der Waals surface area contributed by atoms with Crippen molar-refractivity contribution < 1.29 is 19.9 Å².